The van der Waals surface area contributed by atoms with Gasteiger partial charge < -0.3 is 15.5 Å². The lowest BCUT2D eigenvalue weighted by Crippen LogP contribution is -2.49. The van der Waals surface area contributed by atoms with Crippen molar-refractivity contribution >= 4 is 16.8 Å². The van der Waals surface area contributed by atoms with Gasteiger partial charge in [0.2, 0.25) is 0 Å². The number of nitrogens with one attached hydrogen (secondary N) is 2. The van der Waals surface area contributed by atoms with Crippen molar-refractivity contribution in [2.45, 2.75) is 62.8 Å². The second kappa shape index (κ2) is 8.87. The Morgan fingerprint density at radius 3 is 2.77 bits per heavy atom. The maximum Gasteiger partial charge on any atom is 0.191 e. The van der Waals surface area contributed by atoms with Crippen molar-refractivity contribution < 1.29 is 4.21 Å². The summed E-state index contributed by atoms with van der Waals surface area (Å²) in [6.07, 6.45) is 6.99. The van der Waals surface area contributed by atoms with E-state index in [1.54, 1.807) is 0 Å². The summed E-state index contributed by atoms with van der Waals surface area (Å²) in [5, 5.41) is 7.36. The summed E-state index contributed by atoms with van der Waals surface area (Å²) in [7, 11) is 3.36. The van der Waals surface area contributed by atoms with Gasteiger partial charge in [0.15, 0.2) is 5.96 Å². The summed E-state index contributed by atoms with van der Waals surface area (Å²) in [5.74, 6) is 1.67. The van der Waals surface area contributed by atoms with Crippen LogP contribution in [0.15, 0.2) is 4.99 Å². The van der Waals surface area contributed by atoms with Gasteiger partial charge in [-0.25, -0.2) is 0 Å². The molecule has 0 amide bonds. The molecule has 0 aromatic carbocycles. The number of aliphatic imine (C=N–C) groups is 1. The Morgan fingerprint density at radius 2 is 2.14 bits per heavy atom. The van der Waals surface area contributed by atoms with E-state index in [4.69, 9.17) is 0 Å². The van der Waals surface area contributed by atoms with Crippen LogP contribution in [0.5, 0.6) is 0 Å². The molecular formula is C16H32N4OS. The number of likely N-dealkylation sites (N-methyl/N-ethyl adjacent to an activating group) is 1. The summed E-state index contributed by atoms with van der Waals surface area (Å²) < 4.78 is 12.0. The van der Waals surface area contributed by atoms with Crippen molar-refractivity contribution in [2.75, 3.05) is 32.9 Å². The number of nitrogens with zero attached hydrogens (tertiary/aromatic N) is 2. The van der Waals surface area contributed by atoms with Crippen molar-refractivity contribution in [3.8, 4) is 0 Å². The van der Waals surface area contributed by atoms with Crippen molar-refractivity contribution in [2.24, 2.45) is 4.99 Å². The zero-order valence-corrected chi connectivity index (χ0v) is 15.1. The number of hydrogen-bond donors (Lipinski definition) is 2. The molecule has 5 nitrogen and oxygen atoms in total. The summed E-state index contributed by atoms with van der Waals surface area (Å²) >= 11 is 0. The monoisotopic (exact) mass is 328 g/mol. The highest BCUT2D eigenvalue weighted by Gasteiger charge is 2.26. The number of likely N-dealkylation sites (tertiary alicyclic amines) is 1. The summed E-state index contributed by atoms with van der Waals surface area (Å²) in [6, 6.07) is 1.02. The fourth-order valence-electron chi connectivity index (χ4n) is 3.59. The maximum atomic E-state index is 12.0. The van der Waals surface area contributed by atoms with E-state index < -0.39 is 10.8 Å². The molecule has 1 heterocycles. The van der Waals surface area contributed by atoms with Gasteiger partial charge in [0, 0.05) is 47.5 Å². The van der Waals surface area contributed by atoms with E-state index in [9.17, 15) is 4.21 Å². The van der Waals surface area contributed by atoms with Gasteiger partial charge in [-0.05, 0) is 45.7 Å². The van der Waals surface area contributed by atoms with Crippen LogP contribution in [0, 0.1) is 0 Å². The first kappa shape index (κ1) is 17.7. The Hall–Kier alpha value is -0.620. The topological polar surface area (TPSA) is 56.7 Å². The van der Waals surface area contributed by atoms with Crippen LogP contribution in [0.3, 0.4) is 0 Å². The average molecular weight is 329 g/mol. The molecule has 0 spiro atoms. The van der Waals surface area contributed by atoms with E-state index in [2.05, 4.69) is 27.6 Å². The number of hydrogen-bond acceptors (Lipinski definition) is 3. The van der Waals surface area contributed by atoms with Crippen LogP contribution >= 0.6 is 0 Å². The highest BCUT2D eigenvalue weighted by atomic mass is 32.2. The molecule has 2 fully saturated rings. The molecule has 1 saturated heterocycles. The average Bonchev–Trinajstić information content (AvgIpc) is 2.96. The molecule has 0 aromatic heterocycles. The maximum absolute atomic E-state index is 12.0. The standard InChI is InChI=1S/C16H32N4OS/c1-4-22(21)15-9-5-7-13(11-15)19-16(17-2)18-12-14-8-6-10-20(14)3/h13-15H,4-12H2,1-3H3,(H2,17,18,19). The van der Waals surface area contributed by atoms with Gasteiger partial charge in [-0.3, -0.25) is 9.20 Å². The SMILES string of the molecule is CCS(=O)C1CCCC(NC(=NC)NCC2CCCN2C)C1. The summed E-state index contributed by atoms with van der Waals surface area (Å²) in [5.41, 5.74) is 0. The van der Waals surface area contributed by atoms with E-state index in [0.29, 0.717) is 17.3 Å². The Morgan fingerprint density at radius 1 is 1.32 bits per heavy atom. The molecule has 1 saturated carbocycles. The third-order valence-corrected chi connectivity index (χ3v) is 6.76. The third-order valence-electron chi connectivity index (χ3n) is 5.02. The largest absolute Gasteiger partial charge is 0.355 e. The minimum Gasteiger partial charge on any atom is -0.355 e. The van der Waals surface area contributed by atoms with Crippen LogP contribution in [0.25, 0.3) is 0 Å². The quantitative estimate of drug-likeness (QED) is 0.590. The lowest BCUT2D eigenvalue weighted by Gasteiger charge is -2.30. The van der Waals surface area contributed by atoms with E-state index in [-0.39, 0.29) is 0 Å². The molecule has 0 radical (unpaired) electrons. The first-order valence-corrected chi connectivity index (χ1v) is 10.1. The predicted octanol–water partition coefficient (Wildman–Crippen LogP) is 1.33. The van der Waals surface area contributed by atoms with Crippen molar-refractivity contribution in [3.63, 3.8) is 0 Å². The lowest BCUT2D eigenvalue weighted by molar-refractivity contribution is 0.309. The van der Waals surface area contributed by atoms with Gasteiger partial charge in [-0.15, -0.1) is 0 Å². The van der Waals surface area contributed by atoms with Crippen LogP contribution in [0.4, 0.5) is 0 Å². The van der Waals surface area contributed by atoms with E-state index in [1.165, 1.54) is 19.4 Å². The fourth-order valence-corrected chi connectivity index (χ4v) is 4.94. The lowest BCUT2D eigenvalue weighted by atomic mass is 9.95. The van der Waals surface area contributed by atoms with E-state index in [0.717, 1.165) is 43.9 Å². The highest BCUT2D eigenvalue weighted by molar-refractivity contribution is 7.85. The van der Waals surface area contributed by atoms with Gasteiger partial charge in [0.25, 0.3) is 0 Å². The molecule has 0 bridgehead atoms. The smallest absolute Gasteiger partial charge is 0.191 e. The molecule has 1 aliphatic carbocycles. The molecule has 0 aromatic rings. The van der Waals surface area contributed by atoms with E-state index in [1.807, 2.05) is 14.0 Å². The number of rotatable bonds is 5. The zero-order chi connectivity index (χ0) is 15.9. The van der Waals surface area contributed by atoms with Crippen LogP contribution in [-0.4, -0.2) is 65.3 Å². The van der Waals surface area contributed by atoms with Crippen LogP contribution in [0.2, 0.25) is 0 Å². The van der Waals surface area contributed by atoms with Crippen LogP contribution in [0.1, 0.15) is 45.4 Å². The molecule has 2 rings (SSSR count). The van der Waals surface area contributed by atoms with Gasteiger partial charge in [-0.2, -0.15) is 0 Å². The molecule has 128 valence electrons. The summed E-state index contributed by atoms with van der Waals surface area (Å²) in [6.45, 7) is 4.17. The van der Waals surface area contributed by atoms with Crippen molar-refractivity contribution in [1.29, 1.82) is 0 Å². The molecule has 4 unspecified atom stereocenters. The fraction of sp³-hybridized carbons (Fsp3) is 0.938. The third kappa shape index (κ3) is 4.95. The van der Waals surface area contributed by atoms with E-state index >= 15 is 0 Å². The molecule has 4 atom stereocenters. The van der Waals surface area contributed by atoms with Crippen LogP contribution in [-0.2, 0) is 10.8 Å². The van der Waals surface area contributed by atoms with Gasteiger partial charge >= 0.3 is 0 Å². The molecule has 1 aliphatic heterocycles. The Labute approximate surface area is 137 Å². The van der Waals surface area contributed by atoms with Crippen LogP contribution < -0.4 is 10.6 Å². The Bertz CT molecular complexity index is 402. The minimum atomic E-state index is -0.668. The minimum absolute atomic E-state index is 0.357. The second-order valence-corrected chi connectivity index (χ2v) is 8.53. The van der Waals surface area contributed by atoms with Gasteiger partial charge in [0.1, 0.15) is 0 Å². The summed E-state index contributed by atoms with van der Waals surface area (Å²) in [4.78, 5) is 6.78. The molecule has 2 N–H and O–H groups in total. The van der Waals surface area contributed by atoms with Gasteiger partial charge in [0.05, 0.1) is 0 Å². The van der Waals surface area contributed by atoms with Crippen molar-refractivity contribution in [1.82, 2.24) is 15.5 Å². The first-order chi connectivity index (χ1) is 10.6. The Kier molecular flexibility index (Phi) is 7.15. The first-order valence-electron chi connectivity index (χ1n) is 8.68. The number of guanidine groups is 1. The van der Waals surface area contributed by atoms with Gasteiger partial charge in [-0.1, -0.05) is 13.3 Å². The second-order valence-electron chi connectivity index (χ2n) is 6.53. The zero-order valence-electron chi connectivity index (χ0n) is 14.3. The molecule has 22 heavy (non-hydrogen) atoms. The highest BCUT2D eigenvalue weighted by Crippen LogP contribution is 2.23. The van der Waals surface area contributed by atoms with Crippen molar-refractivity contribution in [3.05, 3.63) is 0 Å². The normalized spacial score (nSPS) is 32.0. The molecular weight excluding hydrogens is 296 g/mol. The predicted molar refractivity (Wildman–Crippen MR) is 94.9 cm³/mol. The Balaban J connectivity index is 1.78. The molecule has 2 aliphatic rings. The molecule has 6 heteroatoms.